The number of carbonyl (C=O) groups is 1. The van der Waals surface area contributed by atoms with Gasteiger partial charge in [-0.05, 0) is 18.2 Å². The van der Waals surface area contributed by atoms with E-state index in [9.17, 15) is 13.2 Å². The Morgan fingerprint density at radius 2 is 2.22 bits per heavy atom. The second kappa shape index (κ2) is 4.92. The Bertz CT molecular complexity index is 570. The molecule has 1 heterocycles. The van der Waals surface area contributed by atoms with E-state index in [4.69, 9.17) is 9.84 Å². The summed E-state index contributed by atoms with van der Waals surface area (Å²) >= 11 is 0. The molecule has 0 saturated heterocycles. The van der Waals surface area contributed by atoms with Gasteiger partial charge in [0.2, 0.25) is 10.0 Å². The van der Waals surface area contributed by atoms with Crippen LogP contribution in [0, 0.1) is 0 Å². The van der Waals surface area contributed by atoms with Crippen molar-refractivity contribution in [1.82, 2.24) is 4.72 Å². The van der Waals surface area contributed by atoms with Crippen molar-refractivity contribution in [2.24, 2.45) is 0 Å². The SMILES string of the molecule is O=C1COc2ccc(S(=O)(=O)NCCO)cc2N1. The first-order chi connectivity index (χ1) is 8.53. The topological polar surface area (TPSA) is 105 Å². The number of anilines is 1. The van der Waals surface area contributed by atoms with Gasteiger partial charge in [0.25, 0.3) is 5.91 Å². The summed E-state index contributed by atoms with van der Waals surface area (Å²) in [6.07, 6.45) is 0. The fraction of sp³-hybridized carbons (Fsp3) is 0.300. The number of ether oxygens (including phenoxy) is 1. The van der Waals surface area contributed by atoms with E-state index in [1.54, 1.807) is 0 Å². The van der Waals surface area contributed by atoms with Gasteiger partial charge in [-0.1, -0.05) is 0 Å². The van der Waals surface area contributed by atoms with Gasteiger partial charge in [-0.15, -0.1) is 0 Å². The van der Waals surface area contributed by atoms with Crippen LogP contribution >= 0.6 is 0 Å². The van der Waals surface area contributed by atoms with Gasteiger partial charge in [0, 0.05) is 6.54 Å². The fourth-order valence-corrected chi connectivity index (χ4v) is 2.54. The molecule has 1 aliphatic heterocycles. The summed E-state index contributed by atoms with van der Waals surface area (Å²) < 4.78 is 30.9. The largest absolute Gasteiger partial charge is 0.482 e. The summed E-state index contributed by atoms with van der Waals surface area (Å²) in [5.74, 6) is 0.0936. The highest BCUT2D eigenvalue weighted by molar-refractivity contribution is 7.89. The summed E-state index contributed by atoms with van der Waals surface area (Å²) in [7, 11) is -3.69. The van der Waals surface area contributed by atoms with E-state index in [1.165, 1.54) is 18.2 Å². The second-order valence-electron chi connectivity index (χ2n) is 3.62. The molecule has 0 saturated carbocycles. The third-order valence-electron chi connectivity index (χ3n) is 2.30. The molecule has 1 amide bonds. The minimum atomic E-state index is -3.69. The number of sulfonamides is 1. The van der Waals surface area contributed by atoms with Gasteiger partial charge in [0.05, 0.1) is 17.2 Å². The Morgan fingerprint density at radius 3 is 2.94 bits per heavy atom. The molecule has 2 rings (SSSR count). The lowest BCUT2D eigenvalue weighted by Gasteiger charge is -2.18. The van der Waals surface area contributed by atoms with Crippen molar-refractivity contribution in [3.05, 3.63) is 18.2 Å². The first-order valence-corrected chi connectivity index (χ1v) is 6.68. The van der Waals surface area contributed by atoms with Crippen molar-refractivity contribution in [2.75, 3.05) is 25.1 Å². The van der Waals surface area contributed by atoms with Gasteiger partial charge in [0.15, 0.2) is 6.61 Å². The van der Waals surface area contributed by atoms with E-state index in [2.05, 4.69) is 10.0 Å². The lowest BCUT2D eigenvalue weighted by Crippen LogP contribution is -2.28. The van der Waals surface area contributed by atoms with Crippen molar-refractivity contribution >= 4 is 21.6 Å². The summed E-state index contributed by atoms with van der Waals surface area (Å²) in [5, 5.41) is 11.1. The molecule has 18 heavy (non-hydrogen) atoms. The molecule has 0 bridgehead atoms. The van der Waals surface area contributed by atoms with Gasteiger partial charge in [0.1, 0.15) is 5.75 Å². The summed E-state index contributed by atoms with van der Waals surface area (Å²) in [4.78, 5) is 11.1. The van der Waals surface area contributed by atoms with Crippen LogP contribution in [0.2, 0.25) is 0 Å². The van der Waals surface area contributed by atoms with E-state index < -0.39 is 10.0 Å². The second-order valence-corrected chi connectivity index (χ2v) is 5.38. The van der Waals surface area contributed by atoms with E-state index >= 15 is 0 Å². The Kier molecular flexibility index (Phi) is 3.50. The minimum absolute atomic E-state index is 0.000463. The quantitative estimate of drug-likeness (QED) is 0.671. The van der Waals surface area contributed by atoms with E-state index in [1.807, 2.05) is 0 Å². The smallest absolute Gasteiger partial charge is 0.262 e. The van der Waals surface area contributed by atoms with E-state index in [0.717, 1.165) is 0 Å². The molecule has 0 unspecified atom stereocenters. The normalized spacial score (nSPS) is 14.6. The standard InChI is InChI=1S/C10H12N2O5S/c13-4-3-11-18(15,16)7-1-2-9-8(5-7)12-10(14)6-17-9/h1-2,5,11,13H,3-4,6H2,(H,12,14). The molecular formula is C10H12N2O5S. The molecule has 0 atom stereocenters. The average Bonchev–Trinajstić information content (AvgIpc) is 2.35. The highest BCUT2D eigenvalue weighted by atomic mass is 32.2. The molecule has 0 aromatic heterocycles. The van der Waals surface area contributed by atoms with Crippen molar-refractivity contribution in [3.8, 4) is 5.75 Å². The number of aliphatic hydroxyl groups excluding tert-OH is 1. The number of rotatable bonds is 4. The first-order valence-electron chi connectivity index (χ1n) is 5.20. The average molecular weight is 272 g/mol. The van der Waals surface area contributed by atoms with Crippen LogP contribution in [0.25, 0.3) is 0 Å². The minimum Gasteiger partial charge on any atom is -0.482 e. The number of nitrogens with one attached hydrogen (secondary N) is 2. The van der Waals surface area contributed by atoms with Gasteiger partial charge >= 0.3 is 0 Å². The number of carbonyl (C=O) groups excluding carboxylic acids is 1. The van der Waals surface area contributed by atoms with Crippen LogP contribution in [0.15, 0.2) is 23.1 Å². The summed E-state index contributed by atoms with van der Waals surface area (Å²) in [5.41, 5.74) is 0.318. The zero-order valence-electron chi connectivity index (χ0n) is 9.34. The number of amides is 1. The molecule has 8 heteroatoms. The number of hydrogen-bond acceptors (Lipinski definition) is 5. The maximum atomic E-state index is 11.8. The molecule has 7 nitrogen and oxygen atoms in total. The van der Waals surface area contributed by atoms with Crippen LogP contribution in [0.1, 0.15) is 0 Å². The number of hydrogen-bond donors (Lipinski definition) is 3. The molecule has 1 aromatic carbocycles. The molecule has 1 aromatic rings. The molecule has 3 N–H and O–H groups in total. The zero-order chi connectivity index (χ0) is 13.2. The summed E-state index contributed by atoms with van der Waals surface area (Å²) in [6, 6.07) is 4.16. The zero-order valence-corrected chi connectivity index (χ0v) is 10.2. The molecule has 0 spiro atoms. The molecule has 0 aliphatic carbocycles. The monoisotopic (exact) mass is 272 g/mol. The van der Waals surface area contributed by atoms with E-state index in [0.29, 0.717) is 11.4 Å². The van der Waals surface area contributed by atoms with Crippen LogP contribution in [0.5, 0.6) is 5.75 Å². The molecule has 0 radical (unpaired) electrons. The Labute approximate surface area is 104 Å². The van der Waals surface area contributed by atoms with Crippen LogP contribution in [0.4, 0.5) is 5.69 Å². The van der Waals surface area contributed by atoms with Gasteiger partial charge in [-0.25, -0.2) is 13.1 Å². The van der Waals surface area contributed by atoms with Crippen LogP contribution < -0.4 is 14.8 Å². The first kappa shape index (κ1) is 12.8. The van der Waals surface area contributed by atoms with E-state index in [-0.39, 0.29) is 30.6 Å². The lowest BCUT2D eigenvalue weighted by atomic mass is 10.2. The highest BCUT2D eigenvalue weighted by Crippen LogP contribution is 2.29. The molecule has 0 fully saturated rings. The third-order valence-corrected chi connectivity index (χ3v) is 3.76. The van der Waals surface area contributed by atoms with Crippen LogP contribution in [-0.2, 0) is 14.8 Å². The maximum absolute atomic E-state index is 11.8. The van der Waals surface area contributed by atoms with Crippen LogP contribution in [0.3, 0.4) is 0 Å². The predicted molar refractivity (Wildman–Crippen MR) is 62.8 cm³/mol. The molecular weight excluding hydrogens is 260 g/mol. The highest BCUT2D eigenvalue weighted by Gasteiger charge is 2.20. The third kappa shape index (κ3) is 2.61. The lowest BCUT2D eigenvalue weighted by molar-refractivity contribution is -0.118. The van der Waals surface area contributed by atoms with Crippen LogP contribution in [-0.4, -0.2) is 39.2 Å². The Hall–Kier alpha value is -1.64. The van der Waals surface area contributed by atoms with Crippen molar-refractivity contribution < 1.29 is 23.1 Å². The summed E-state index contributed by atoms with van der Waals surface area (Å²) in [6.45, 7) is -0.436. The Morgan fingerprint density at radius 1 is 1.44 bits per heavy atom. The van der Waals surface area contributed by atoms with Crippen molar-refractivity contribution in [1.29, 1.82) is 0 Å². The number of benzene rings is 1. The maximum Gasteiger partial charge on any atom is 0.262 e. The van der Waals surface area contributed by atoms with Gasteiger partial charge < -0.3 is 15.2 Å². The van der Waals surface area contributed by atoms with Crippen molar-refractivity contribution in [2.45, 2.75) is 4.90 Å². The molecule has 1 aliphatic rings. The number of fused-ring (bicyclic) bond motifs is 1. The van der Waals surface area contributed by atoms with Crippen molar-refractivity contribution in [3.63, 3.8) is 0 Å². The predicted octanol–water partition coefficient (Wildman–Crippen LogP) is -0.712. The fourth-order valence-electron chi connectivity index (χ4n) is 1.49. The Balaban J connectivity index is 2.31. The number of aliphatic hydroxyl groups is 1. The molecule has 98 valence electrons. The van der Waals surface area contributed by atoms with Gasteiger partial charge in [-0.2, -0.15) is 0 Å². The van der Waals surface area contributed by atoms with Gasteiger partial charge in [-0.3, -0.25) is 4.79 Å².